The maximum atomic E-state index is 13.5. The monoisotopic (exact) mass is 320 g/mol. The molecule has 0 aromatic heterocycles. The third kappa shape index (κ3) is 4.57. The van der Waals surface area contributed by atoms with Crippen molar-refractivity contribution < 1.29 is 28.6 Å². The molecule has 1 aromatic carbocycles. The van der Waals surface area contributed by atoms with E-state index in [-0.39, 0.29) is 10.6 Å². The van der Waals surface area contributed by atoms with Crippen LogP contribution in [0.3, 0.4) is 0 Å². The van der Waals surface area contributed by atoms with E-state index in [1.807, 2.05) is 0 Å². The maximum absolute atomic E-state index is 13.5. The molecule has 4 N–H and O–H groups in total. The molecule has 1 aromatic rings. The third-order valence-electron chi connectivity index (χ3n) is 2.51. The second-order valence-corrected chi connectivity index (χ2v) is 5.18. The Bertz CT molecular complexity index is 543. The van der Waals surface area contributed by atoms with E-state index in [9.17, 15) is 23.5 Å². The highest BCUT2D eigenvalue weighted by atomic mass is 32.2. The van der Waals surface area contributed by atoms with Crippen molar-refractivity contribution in [3.8, 4) is 0 Å². The minimum atomic E-state index is -2.14. The van der Waals surface area contributed by atoms with Crippen molar-refractivity contribution in [1.82, 2.24) is 5.32 Å². The van der Waals surface area contributed by atoms with Crippen LogP contribution in [-0.4, -0.2) is 40.6 Å². The average Bonchev–Trinajstić information content (AvgIpc) is 2.36. The van der Waals surface area contributed by atoms with Crippen molar-refractivity contribution >= 4 is 29.4 Å². The summed E-state index contributed by atoms with van der Waals surface area (Å²) in [6, 6.07) is 0.973. The van der Waals surface area contributed by atoms with E-state index in [0.717, 1.165) is 30.8 Å². The SMILES string of the molecule is CSc1c(F)cc(NC(=O)NCC(C)(O)C(=O)O)cc1F. The van der Waals surface area contributed by atoms with Crippen LogP contribution >= 0.6 is 11.8 Å². The van der Waals surface area contributed by atoms with E-state index in [4.69, 9.17) is 5.11 Å². The van der Waals surface area contributed by atoms with Crippen molar-refractivity contribution in [2.45, 2.75) is 17.4 Å². The molecule has 0 spiro atoms. The van der Waals surface area contributed by atoms with E-state index in [1.54, 1.807) is 0 Å². The van der Waals surface area contributed by atoms with Crippen LogP contribution in [0.25, 0.3) is 0 Å². The maximum Gasteiger partial charge on any atom is 0.337 e. The Labute approximate surface area is 123 Å². The zero-order chi connectivity index (χ0) is 16.2. The first-order valence-electron chi connectivity index (χ1n) is 5.71. The number of urea groups is 1. The molecule has 6 nitrogen and oxygen atoms in total. The molecule has 0 aliphatic carbocycles. The predicted molar refractivity (Wildman–Crippen MR) is 73.4 cm³/mol. The first-order valence-corrected chi connectivity index (χ1v) is 6.93. The lowest BCUT2D eigenvalue weighted by Gasteiger charge is -2.18. The molecular weight excluding hydrogens is 306 g/mol. The molecule has 0 fully saturated rings. The fraction of sp³-hybridized carbons (Fsp3) is 0.333. The molecule has 1 rings (SSSR count). The molecule has 116 valence electrons. The van der Waals surface area contributed by atoms with Gasteiger partial charge in [-0.1, -0.05) is 0 Å². The number of nitrogens with one attached hydrogen (secondary N) is 2. The predicted octanol–water partition coefficient (Wildman–Crippen LogP) is 1.64. The Morgan fingerprint density at radius 2 is 1.86 bits per heavy atom. The number of carboxylic acid groups (broad SMARTS) is 1. The first-order chi connectivity index (χ1) is 9.67. The van der Waals surface area contributed by atoms with Gasteiger partial charge in [0.1, 0.15) is 11.6 Å². The number of carbonyl (C=O) groups is 2. The molecule has 0 bridgehead atoms. The number of halogens is 2. The highest BCUT2D eigenvalue weighted by molar-refractivity contribution is 7.98. The summed E-state index contributed by atoms with van der Waals surface area (Å²) in [6.07, 6.45) is 1.51. The van der Waals surface area contributed by atoms with Gasteiger partial charge in [-0.25, -0.2) is 18.4 Å². The average molecular weight is 320 g/mol. The Kier molecular flexibility index (Phi) is 5.50. The number of benzene rings is 1. The van der Waals surface area contributed by atoms with Gasteiger partial charge in [0, 0.05) is 5.69 Å². The molecule has 9 heteroatoms. The Hall–Kier alpha value is -1.87. The fourth-order valence-electron chi connectivity index (χ4n) is 1.33. The largest absolute Gasteiger partial charge is 0.479 e. The summed E-state index contributed by atoms with van der Waals surface area (Å²) in [5, 5.41) is 22.3. The van der Waals surface area contributed by atoms with Crippen LogP contribution < -0.4 is 10.6 Å². The molecule has 0 saturated carbocycles. The summed E-state index contributed by atoms with van der Waals surface area (Å²) < 4.78 is 27.0. The summed E-state index contributed by atoms with van der Waals surface area (Å²) in [4.78, 5) is 21.9. The zero-order valence-electron chi connectivity index (χ0n) is 11.2. The standard InChI is InChI=1S/C12H14F2N2O4S/c1-12(20,10(17)18)5-15-11(19)16-6-3-7(13)9(21-2)8(14)4-6/h3-4,20H,5H2,1-2H3,(H,17,18)(H2,15,16,19). The van der Waals surface area contributed by atoms with Crippen molar-refractivity contribution in [1.29, 1.82) is 0 Å². The molecule has 1 unspecified atom stereocenters. The van der Waals surface area contributed by atoms with Crippen LogP contribution in [0.15, 0.2) is 17.0 Å². The van der Waals surface area contributed by atoms with Gasteiger partial charge in [-0.05, 0) is 25.3 Å². The van der Waals surface area contributed by atoms with Crippen molar-refractivity contribution in [3.05, 3.63) is 23.8 Å². The minimum absolute atomic E-state index is 0.129. The van der Waals surface area contributed by atoms with Crippen LogP contribution in [0, 0.1) is 11.6 Å². The number of aliphatic carboxylic acids is 1. The van der Waals surface area contributed by atoms with Gasteiger partial charge in [0.05, 0.1) is 11.4 Å². The number of hydrogen-bond donors (Lipinski definition) is 4. The van der Waals surface area contributed by atoms with Crippen LogP contribution in [0.2, 0.25) is 0 Å². The van der Waals surface area contributed by atoms with Gasteiger partial charge < -0.3 is 20.8 Å². The van der Waals surface area contributed by atoms with Crippen molar-refractivity contribution in [3.63, 3.8) is 0 Å². The smallest absolute Gasteiger partial charge is 0.337 e. The molecule has 0 radical (unpaired) electrons. The number of aliphatic hydroxyl groups is 1. The van der Waals surface area contributed by atoms with Gasteiger partial charge in [-0.15, -0.1) is 11.8 Å². The van der Waals surface area contributed by atoms with Crippen LogP contribution in [0.1, 0.15) is 6.92 Å². The van der Waals surface area contributed by atoms with Gasteiger partial charge >= 0.3 is 12.0 Å². The normalized spacial score (nSPS) is 13.4. The van der Waals surface area contributed by atoms with Crippen molar-refractivity contribution in [2.24, 2.45) is 0 Å². The van der Waals surface area contributed by atoms with Gasteiger partial charge in [-0.2, -0.15) is 0 Å². The highest BCUT2D eigenvalue weighted by Crippen LogP contribution is 2.26. The number of rotatable bonds is 5. The number of thioether (sulfide) groups is 1. The highest BCUT2D eigenvalue weighted by Gasteiger charge is 2.30. The lowest BCUT2D eigenvalue weighted by molar-refractivity contribution is -0.155. The van der Waals surface area contributed by atoms with Crippen LogP contribution in [0.4, 0.5) is 19.3 Å². The third-order valence-corrected chi connectivity index (χ3v) is 3.31. The van der Waals surface area contributed by atoms with E-state index in [2.05, 4.69) is 10.6 Å². The molecule has 21 heavy (non-hydrogen) atoms. The molecular formula is C12H14F2N2O4S. The topological polar surface area (TPSA) is 98.7 Å². The summed E-state index contributed by atoms with van der Waals surface area (Å²) in [7, 11) is 0. The quantitative estimate of drug-likeness (QED) is 0.618. The van der Waals surface area contributed by atoms with Gasteiger partial charge in [0.2, 0.25) is 0 Å². The van der Waals surface area contributed by atoms with Gasteiger partial charge in [0.15, 0.2) is 5.60 Å². The molecule has 0 aliphatic heterocycles. The van der Waals surface area contributed by atoms with Crippen LogP contribution in [-0.2, 0) is 4.79 Å². The van der Waals surface area contributed by atoms with E-state index >= 15 is 0 Å². The first kappa shape index (κ1) is 17.2. The molecule has 0 heterocycles. The summed E-state index contributed by atoms with van der Waals surface area (Å²) in [5.74, 6) is -3.16. The number of amides is 2. The number of carbonyl (C=O) groups excluding carboxylic acids is 1. The van der Waals surface area contributed by atoms with E-state index < -0.39 is 35.8 Å². The minimum Gasteiger partial charge on any atom is -0.479 e. The van der Waals surface area contributed by atoms with Gasteiger partial charge in [0.25, 0.3) is 0 Å². The Balaban J connectivity index is 2.70. The molecule has 1 atom stereocenters. The summed E-state index contributed by atoms with van der Waals surface area (Å²) >= 11 is 0.890. The Morgan fingerprint density at radius 1 is 1.33 bits per heavy atom. The number of hydrogen-bond acceptors (Lipinski definition) is 4. The second kappa shape index (κ2) is 6.72. The fourth-order valence-corrected chi connectivity index (χ4v) is 1.84. The Morgan fingerprint density at radius 3 is 2.29 bits per heavy atom. The van der Waals surface area contributed by atoms with Gasteiger partial charge in [-0.3, -0.25) is 0 Å². The van der Waals surface area contributed by atoms with E-state index in [1.165, 1.54) is 6.26 Å². The van der Waals surface area contributed by atoms with E-state index in [0.29, 0.717) is 0 Å². The number of carboxylic acids is 1. The zero-order valence-corrected chi connectivity index (χ0v) is 12.1. The molecule has 2 amide bonds. The number of anilines is 1. The second-order valence-electron chi connectivity index (χ2n) is 4.36. The molecule has 0 saturated heterocycles. The van der Waals surface area contributed by atoms with Crippen LogP contribution in [0.5, 0.6) is 0 Å². The lowest BCUT2D eigenvalue weighted by Crippen LogP contribution is -2.47. The summed E-state index contributed by atoms with van der Waals surface area (Å²) in [5.41, 5.74) is -2.27. The lowest BCUT2D eigenvalue weighted by atomic mass is 10.1. The van der Waals surface area contributed by atoms with Crippen molar-refractivity contribution in [2.75, 3.05) is 18.1 Å². The summed E-state index contributed by atoms with van der Waals surface area (Å²) in [6.45, 7) is 0.435. The molecule has 0 aliphatic rings.